The van der Waals surface area contributed by atoms with Crippen LogP contribution >= 0.6 is 11.6 Å². The van der Waals surface area contributed by atoms with E-state index in [-0.39, 0.29) is 19.1 Å². The van der Waals surface area contributed by atoms with Crippen molar-refractivity contribution in [3.63, 3.8) is 0 Å². The number of rotatable bonds is 4. The lowest BCUT2D eigenvalue weighted by atomic mass is 10.5. The lowest BCUT2D eigenvalue weighted by Gasteiger charge is -2.13. The lowest BCUT2D eigenvalue weighted by molar-refractivity contribution is -0.149. The van der Waals surface area contributed by atoms with E-state index in [1.807, 2.05) is 0 Å². The van der Waals surface area contributed by atoms with Crippen molar-refractivity contribution in [1.29, 1.82) is 0 Å². The summed E-state index contributed by atoms with van der Waals surface area (Å²) >= 11 is 5.78. The van der Waals surface area contributed by atoms with Crippen LogP contribution in [0.15, 0.2) is 6.20 Å². The van der Waals surface area contributed by atoms with Crippen molar-refractivity contribution in [2.24, 2.45) is 7.05 Å². The Labute approximate surface area is 104 Å². The molecule has 1 aromatic rings. The molecule has 0 aliphatic rings. The molecular weight excluding hydrogens is 246 g/mol. The van der Waals surface area contributed by atoms with E-state index in [1.54, 1.807) is 11.6 Å². The average molecular weight is 260 g/mol. The van der Waals surface area contributed by atoms with E-state index in [1.165, 1.54) is 25.1 Å². The maximum atomic E-state index is 11.4. The van der Waals surface area contributed by atoms with Crippen LogP contribution in [0.5, 0.6) is 0 Å². The summed E-state index contributed by atoms with van der Waals surface area (Å²) in [6.07, 6.45) is 1.48. The van der Waals surface area contributed by atoms with Gasteiger partial charge in [0, 0.05) is 21.0 Å². The highest BCUT2D eigenvalue weighted by molar-refractivity contribution is 6.29. The monoisotopic (exact) mass is 259 g/mol. The number of hydrogen-bond donors (Lipinski definition) is 0. The van der Waals surface area contributed by atoms with Gasteiger partial charge in [-0.3, -0.25) is 9.59 Å². The Morgan fingerprint density at radius 2 is 2.24 bits per heavy atom. The Bertz CT molecular complexity index is 430. The van der Waals surface area contributed by atoms with E-state index in [2.05, 4.69) is 4.98 Å². The topological polar surface area (TPSA) is 64.4 Å². The van der Waals surface area contributed by atoms with Crippen molar-refractivity contribution in [3.8, 4) is 0 Å². The molecule has 0 fully saturated rings. The van der Waals surface area contributed by atoms with Gasteiger partial charge in [-0.1, -0.05) is 11.6 Å². The van der Waals surface area contributed by atoms with Gasteiger partial charge in [-0.05, 0) is 0 Å². The Balaban J connectivity index is 2.44. The summed E-state index contributed by atoms with van der Waals surface area (Å²) in [4.78, 5) is 27.5. The van der Waals surface area contributed by atoms with E-state index in [9.17, 15) is 9.59 Å². The van der Waals surface area contributed by atoms with Gasteiger partial charge in [-0.2, -0.15) is 0 Å². The van der Waals surface area contributed by atoms with Gasteiger partial charge in [0.1, 0.15) is 24.1 Å². The zero-order chi connectivity index (χ0) is 13.0. The van der Waals surface area contributed by atoms with Crippen LogP contribution in [0.25, 0.3) is 0 Å². The minimum Gasteiger partial charge on any atom is -0.456 e. The molecule has 94 valence electrons. The molecule has 0 aliphatic carbocycles. The Morgan fingerprint density at radius 1 is 1.59 bits per heavy atom. The van der Waals surface area contributed by atoms with E-state index < -0.39 is 5.97 Å². The number of hydrogen-bond acceptors (Lipinski definition) is 4. The van der Waals surface area contributed by atoms with Crippen LogP contribution in [-0.4, -0.2) is 39.9 Å². The number of aromatic nitrogens is 2. The number of imidazole rings is 1. The molecule has 1 rings (SSSR count). The van der Waals surface area contributed by atoms with E-state index in [0.717, 1.165) is 0 Å². The fraction of sp³-hybridized carbons (Fsp3) is 0.500. The predicted octanol–water partition coefficient (Wildman–Crippen LogP) is 0.595. The van der Waals surface area contributed by atoms with Crippen molar-refractivity contribution in [3.05, 3.63) is 17.2 Å². The lowest BCUT2D eigenvalue weighted by Crippen LogP contribution is -2.31. The van der Waals surface area contributed by atoms with Gasteiger partial charge >= 0.3 is 5.97 Å². The summed E-state index contributed by atoms with van der Waals surface area (Å²) < 4.78 is 6.58. The molecule has 0 saturated heterocycles. The molecular formula is C10H14ClN3O3. The van der Waals surface area contributed by atoms with Crippen LogP contribution in [-0.2, 0) is 28.0 Å². The first-order valence-electron chi connectivity index (χ1n) is 4.95. The van der Waals surface area contributed by atoms with Crippen molar-refractivity contribution < 1.29 is 14.3 Å². The van der Waals surface area contributed by atoms with Crippen molar-refractivity contribution in [1.82, 2.24) is 14.5 Å². The van der Waals surface area contributed by atoms with Gasteiger partial charge < -0.3 is 14.2 Å². The summed E-state index contributed by atoms with van der Waals surface area (Å²) in [7, 11) is 3.25. The Kier molecular flexibility index (Phi) is 4.51. The largest absolute Gasteiger partial charge is 0.456 e. The highest BCUT2D eigenvalue weighted by atomic mass is 35.5. The first-order valence-corrected chi connectivity index (χ1v) is 5.33. The third kappa shape index (κ3) is 3.74. The number of halogens is 1. The maximum Gasteiger partial charge on any atom is 0.326 e. The molecule has 0 atom stereocenters. The third-order valence-corrected chi connectivity index (χ3v) is 2.64. The fourth-order valence-electron chi connectivity index (χ4n) is 1.05. The van der Waals surface area contributed by atoms with Crippen LogP contribution in [0.4, 0.5) is 0 Å². The summed E-state index contributed by atoms with van der Waals surface area (Å²) in [6.45, 7) is 1.34. The molecule has 1 heterocycles. The van der Waals surface area contributed by atoms with Gasteiger partial charge in [0.2, 0.25) is 5.91 Å². The van der Waals surface area contributed by atoms with Crippen LogP contribution in [0.1, 0.15) is 12.7 Å². The molecule has 1 aromatic heterocycles. The van der Waals surface area contributed by atoms with Gasteiger partial charge in [-0.15, -0.1) is 0 Å². The Hall–Kier alpha value is -1.56. The van der Waals surface area contributed by atoms with Gasteiger partial charge in [-0.25, -0.2) is 4.98 Å². The van der Waals surface area contributed by atoms with Crippen LogP contribution < -0.4 is 0 Å². The van der Waals surface area contributed by atoms with E-state index in [4.69, 9.17) is 16.3 Å². The van der Waals surface area contributed by atoms with Crippen molar-refractivity contribution in [2.45, 2.75) is 13.5 Å². The predicted molar refractivity (Wildman–Crippen MR) is 61.3 cm³/mol. The molecule has 17 heavy (non-hydrogen) atoms. The number of likely N-dealkylation sites (N-methyl/N-ethyl adjacent to an activating group) is 1. The zero-order valence-electron chi connectivity index (χ0n) is 9.94. The molecule has 0 bridgehead atoms. The van der Waals surface area contributed by atoms with Crippen LogP contribution in [0.3, 0.4) is 0 Å². The second kappa shape index (κ2) is 5.67. The number of ether oxygens (including phenoxy) is 1. The van der Waals surface area contributed by atoms with Gasteiger partial charge in [0.15, 0.2) is 0 Å². The van der Waals surface area contributed by atoms with Crippen molar-refractivity contribution >= 4 is 23.5 Å². The van der Waals surface area contributed by atoms with E-state index in [0.29, 0.717) is 11.0 Å². The first-order chi connectivity index (χ1) is 7.91. The number of carbonyl (C=O) groups is 2. The Morgan fingerprint density at radius 3 is 2.71 bits per heavy atom. The second-order valence-electron chi connectivity index (χ2n) is 3.59. The smallest absolute Gasteiger partial charge is 0.326 e. The summed E-state index contributed by atoms with van der Waals surface area (Å²) in [6, 6.07) is 0. The molecule has 0 unspecified atom stereocenters. The number of nitrogens with zero attached hydrogens (tertiary/aromatic N) is 3. The van der Waals surface area contributed by atoms with E-state index >= 15 is 0 Å². The standard InChI is InChI=1S/C10H14ClN3O3/c1-7(15)13(2)5-10(16)17-6-9-12-4-8(11)14(9)3/h4H,5-6H2,1-3H3. The maximum absolute atomic E-state index is 11.4. The summed E-state index contributed by atoms with van der Waals surface area (Å²) in [5, 5.41) is 0.469. The molecule has 0 N–H and O–H groups in total. The quantitative estimate of drug-likeness (QED) is 0.743. The van der Waals surface area contributed by atoms with Gasteiger partial charge in [0.25, 0.3) is 0 Å². The average Bonchev–Trinajstić information content (AvgIpc) is 2.57. The third-order valence-electron chi connectivity index (χ3n) is 2.29. The molecule has 0 saturated carbocycles. The normalized spacial score (nSPS) is 10.1. The van der Waals surface area contributed by atoms with Crippen LogP contribution in [0.2, 0.25) is 5.15 Å². The first kappa shape index (κ1) is 13.5. The highest BCUT2D eigenvalue weighted by Gasteiger charge is 2.12. The SMILES string of the molecule is CC(=O)N(C)CC(=O)OCc1ncc(Cl)n1C. The number of carbonyl (C=O) groups excluding carboxylic acids is 2. The van der Waals surface area contributed by atoms with Crippen LogP contribution in [0, 0.1) is 0 Å². The fourth-order valence-corrected chi connectivity index (χ4v) is 1.20. The molecule has 0 spiro atoms. The minimum absolute atomic E-state index is 0.0355. The molecule has 7 heteroatoms. The number of esters is 1. The zero-order valence-corrected chi connectivity index (χ0v) is 10.7. The van der Waals surface area contributed by atoms with Crippen molar-refractivity contribution in [2.75, 3.05) is 13.6 Å². The molecule has 0 aliphatic heterocycles. The molecule has 6 nitrogen and oxygen atoms in total. The summed E-state index contributed by atoms with van der Waals surface area (Å²) in [5.41, 5.74) is 0. The minimum atomic E-state index is -0.484. The second-order valence-corrected chi connectivity index (χ2v) is 3.98. The molecule has 0 radical (unpaired) electrons. The molecule has 0 aromatic carbocycles. The number of amides is 1. The highest BCUT2D eigenvalue weighted by Crippen LogP contribution is 2.09. The summed E-state index contributed by atoms with van der Waals surface area (Å²) in [5.74, 6) is -0.127. The molecule has 1 amide bonds. The van der Waals surface area contributed by atoms with Gasteiger partial charge in [0.05, 0.1) is 6.20 Å².